The van der Waals surface area contributed by atoms with Crippen molar-refractivity contribution in [2.24, 2.45) is 11.8 Å². The van der Waals surface area contributed by atoms with Crippen molar-refractivity contribution in [3.05, 3.63) is 0 Å². The second kappa shape index (κ2) is 76.5. The van der Waals surface area contributed by atoms with Crippen LogP contribution in [0, 0.1) is 11.8 Å². The number of carboxylic acids is 5. The number of hydrogen-bond acceptors (Lipinski definition) is 22. The van der Waals surface area contributed by atoms with Crippen LogP contribution in [-0.2, 0) is 105 Å². The molecule has 0 radical (unpaired) electrons. The average Bonchev–Trinajstić information content (AvgIpc) is 0.918. The maximum absolute atomic E-state index is 12.9. The molecule has 0 unspecified atom stereocenters. The van der Waals surface area contributed by atoms with Crippen molar-refractivity contribution in [1.29, 1.82) is 0 Å². The summed E-state index contributed by atoms with van der Waals surface area (Å²) in [6, 6.07) is -2.32. The van der Waals surface area contributed by atoms with Gasteiger partial charge in [0.1, 0.15) is 50.1 Å². The summed E-state index contributed by atoms with van der Waals surface area (Å²) in [5.41, 5.74) is 0. The fourth-order valence-electron chi connectivity index (χ4n) is 11.3. The predicted molar refractivity (Wildman–Crippen MR) is 415 cm³/mol. The van der Waals surface area contributed by atoms with Crippen molar-refractivity contribution < 1.29 is 131 Å². The van der Waals surface area contributed by atoms with E-state index < -0.39 is 47.8 Å². The van der Waals surface area contributed by atoms with Crippen molar-refractivity contribution in [3.8, 4) is 0 Å². The number of nitrogens with one attached hydrogen (secondary N) is 6. The van der Waals surface area contributed by atoms with Crippen LogP contribution in [0.15, 0.2) is 0 Å². The zero-order valence-electron chi connectivity index (χ0n) is 66.2. The van der Waals surface area contributed by atoms with Gasteiger partial charge < -0.3 is 95.3 Å². The predicted octanol–water partition coefficient (Wildman–Crippen LogP) is 7.79. The summed E-state index contributed by atoms with van der Waals surface area (Å²) in [5.74, 6) is -8.73. The third-order valence-corrected chi connectivity index (χ3v) is 17.8. The van der Waals surface area contributed by atoms with Gasteiger partial charge >= 0.3 is 29.8 Å². The number of aliphatic carboxylic acids is 5. The van der Waals surface area contributed by atoms with Crippen LogP contribution in [0.4, 0.5) is 0 Å². The number of amides is 6. The Bertz CT molecular complexity index is 2570. The summed E-state index contributed by atoms with van der Waals surface area (Å²) in [7, 11) is 0. The van der Waals surface area contributed by atoms with Gasteiger partial charge in [-0.3, -0.25) is 57.5 Å². The molecule has 0 fully saturated rings. The summed E-state index contributed by atoms with van der Waals surface area (Å²) in [5, 5.41) is 62.1. The van der Waals surface area contributed by atoms with Crippen LogP contribution in [0.1, 0.15) is 265 Å². The van der Waals surface area contributed by atoms with Crippen molar-refractivity contribution in [2.75, 3.05) is 132 Å². The van der Waals surface area contributed by atoms with Gasteiger partial charge in [-0.25, -0.2) is 9.59 Å². The lowest BCUT2D eigenvalue weighted by Gasteiger charge is -2.15. The zero-order chi connectivity index (χ0) is 82.0. The van der Waals surface area contributed by atoms with Crippen molar-refractivity contribution in [2.45, 2.75) is 277 Å². The lowest BCUT2D eigenvalue weighted by molar-refractivity contribution is -0.144. The van der Waals surface area contributed by atoms with E-state index >= 15 is 0 Å². The van der Waals surface area contributed by atoms with Crippen LogP contribution in [0.5, 0.6) is 0 Å². The monoisotopic (exact) mass is 1600 g/mol. The van der Waals surface area contributed by atoms with E-state index in [0.29, 0.717) is 90.3 Å². The van der Waals surface area contributed by atoms with Gasteiger partial charge in [-0.05, 0) is 77.0 Å². The number of carbonyl (C=O) groups is 14. The minimum atomic E-state index is -1.21. The maximum atomic E-state index is 12.9. The number of Topliss-reactive ketones (excluding diaryl/α,β-unsaturated/α-hetero) is 3. The Hall–Kier alpha value is -7.14. The molecule has 0 saturated carbocycles. The van der Waals surface area contributed by atoms with Gasteiger partial charge in [0.2, 0.25) is 35.4 Å². The van der Waals surface area contributed by atoms with Crippen molar-refractivity contribution in [3.63, 3.8) is 0 Å². The lowest BCUT2D eigenvalue weighted by Crippen LogP contribution is -2.41. The Morgan fingerprint density at radius 2 is 0.598 bits per heavy atom. The van der Waals surface area contributed by atoms with Gasteiger partial charge in [0, 0.05) is 103 Å². The minimum Gasteiger partial charge on any atom is -0.481 e. The maximum Gasteiger partial charge on any atom is 0.326 e. The van der Waals surface area contributed by atoms with Gasteiger partial charge in [-0.15, -0.1) is 0 Å². The Morgan fingerprint density at radius 1 is 0.268 bits per heavy atom. The summed E-state index contributed by atoms with van der Waals surface area (Å²) < 4.78 is 43.2. The summed E-state index contributed by atoms with van der Waals surface area (Å²) in [6.45, 7) is 4.48. The number of hydrogen-bond donors (Lipinski definition) is 11. The molecule has 0 saturated heterocycles. The van der Waals surface area contributed by atoms with Gasteiger partial charge in [0.05, 0.1) is 72.0 Å². The third kappa shape index (κ3) is 73.1. The number of carboxylic acid groups (broad SMARTS) is 5. The molecule has 11 N–H and O–H groups in total. The van der Waals surface area contributed by atoms with Crippen LogP contribution in [0.2, 0.25) is 0 Å². The van der Waals surface area contributed by atoms with Crippen LogP contribution in [0.3, 0.4) is 0 Å². The van der Waals surface area contributed by atoms with Crippen molar-refractivity contribution >= 4 is 82.6 Å². The topological polar surface area (TPSA) is 486 Å². The Labute approximate surface area is 663 Å². The Kier molecular flexibility index (Phi) is 73.0. The van der Waals surface area contributed by atoms with E-state index in [1.165, 1.54) is 0 Å². The molecule has 4 atom stereocenters. The Balaban J connectivity index is 0. The molecule has 0 aromatic rings. The van der Waals surface area contributed by atoms with Crippen LogP contribution >= 0.6 is 0 Å². The quantitative estimate of drug-likeness (QED) is 0.0259. The number of carbonyl (C=O) groups excluding carboxylic acids is 9. The molecule has 0 aliphatic rings. The van der Waals surface area contributed by atoms with E-state index in [2.05, 4.69) is 31.9 Å². The molecule has 33 nitrogen and oxygen atoms in total. The molecular weight excluding hydrogens is 1460 g/mol. The van der Waals surface area contributed by atoms with E-state index in [1.807, 2.05) is 0 Å². The standard InChI is InChI=1S/C78H136N6O27.CH4/c1-61(28-22-24-40-79-71(91)58-109-53-49-105-45-27-31-64(86)57-108-52-50-106-46-42-81-68(88)39-38-66(78(102)103)84-70(90)33-19-15-11-7-3-5-9-13-17-21-35-75(96)97)67(87)56-62(76(98)99)29-23-25-41-80-72(92)59-111-55-51-107-47-43-82-73(93)60-110-54-48-104-44-26-30-63(85)36-37-65(77(100)101)83-69(89)32-18-14-10-6-2-4-8-12-16-20-34-74(94)95;/h61-62,65-66H,2-60H2,1H3,(H,79,91)(H,80,92)(H,81,88)(H,82,93)(H,83,89)(H,84,90)(H,94,95)(H,96,97)(H,98,99)(H,100,101)(H,102,103);1H4/t61-,62+,65-,66-;/m0./s1. The molecule has 648 valence electrons. The molecule has 0 rings (SSSR count). The smallest absolute Gasteiger partial charge is 0.326 e. The van der Waals surface area contributed by atoms with Crippen LogP contribution in [0.25, 0.3) is 0 Å². The first-order valence-electron chi connectivity index (χ1n) is 40.5. The molecule has 0 aromatic carbocycles. The van der Waals surface area contributed by atoms with E-state index in [4.69, 9.17) is 48.1 Å². The largest absolute Gasteiger partial charge is 0.481 e. The zero-order valence-corrected chi connectivity index (χ0v) is 66.2. The Morgan fingerprint density at radius 3 is 0.991 bits per heavy atom. The minimum absolute atomic E-state index is 0. The number of ether oxygens (including phenoxy) is 8. The first kappa shape index (κ1) is 107. The second-order valence-corrected chi connectivity index (χ2v) is 27.8. The van der Waals surface area contributed by atoms with E-state index in [-0.39, 0.29) is 255 Å². The normalized spacial score (nSPS) is 12.2. The lowest BCUT2D eigenvalue weighted by atomic mass is 9.89. The highest BCUT2D eigenvalue weighted by Gasteiger charge is 2.25. The highest BCUT2D eigenvalue weighted by Crippen LogP contribution is 2.20. The number of unbranched alkanes of at least 4 members (excludes halogenated alkanes) is 20. The highest BCUT2D eigenvalue weighted by molar-refractivity contribution is 5.87. The molecule has 33 heteroatoms. The summed E-state index contributed by atoms with van der Waals surface area (Å²) in [6.07, 6.45) is 23.9. The summed E-state index contributed by atoms with van der Waals surface area (Å²) >= 11 is 0. The third-order valence-electron chi connectivity index (χ3n) is 17.8. The van der Waals surface area contributed by atoms with E-state index in [0.717, 1.165) is 103 Å². The van der Waals surface area contributed by atoms with E-state index in [1.54, 1.807) is 6.92 Å². The average molecular weight is 1610 g/mol. The molecule has 0 bridgehead atoms. The second-order valence-electron chi connectivity index (χ2n) is 27.8. The SMILES string of the molecule is C.C[C@@H](CCCCNC(=O)COCCOCCCC(=O)COCCOCCNC(=O)CC[C@H](NC(=O)CCCCCCCCCCCCC(=O)O)C(=O)O)C(=O)C[C@@H](CCCCNC(=O)COCCOCCNC(=O)COCCOCCCC(=O)CC[C@H](NC(=O)CCCCCCCCCCCCC(=O)O)C(=O)O)C(=O)O. The molecule has 0 aromatic heterocycles. The molecule has 6 amide bonds. The first-order chi connectivity index (χ1) is 53.5. The van der Waals surface area contributed by atoms with E-state index in [9.17, 15) is 82.4 Å². The summed E-state index contributed by atoms with van der Waals surface area (Å²) in [4.78, 5) is 168. The number of ketones is 3. The van der Waals surface area contributed by atoms with Gasteiger partial charge in [-0.1, -0.05) is 130 Å². The van der Waals surface area contributed by atoms with Gasteiger partial charge in [-0.2, -0.15) is 0 Å². The van der Waals surface area contributed by atoms with Gasteiger partial charge in [0.15, 0.2) is 5.78 Å². The molecule has 0 heterocycles. The molecule has 0 aliphatic heterocycles. The fourth-order valence-corrected chi connectivity index (χ4v) is 11.3. The van der Waals surface area contributed by atoms with Crippen LogP contribution < -0.4 is 31.9 Å². The molecular formula is C79H140N6O27. The van der Waals surface area contributed by atoms with Gasteiger partial charge in [0.25, 0.3) is 0 Å². The molecule has 112 heavy (non-hydrogen) atoms. The van der Waals surface area contributed by atoms with Crippen LogP contribution in [-0.4, -0.2) is 252 Å². The molecule has 0 spiro atoms. The fraction of sp³-hybridized carbons (Fsp3) is 0.823. The number of rotatable bonds is 84. The molecule has 0 aliphatic carbocycles. The van der Waals surface area contributed by atoms with Crippen molar-refractivity contribution in [1.82, 2.24) is 31.9 Å². The first-order valence-corrected chi connectivity index (χ1v) is 40.5. The highest BCUT2D eigenvalue weighted by atomic mass is 16.5.